The number of hydrogen-bond acceptors (Lipinski definition) is 4. The van der Waals surface area contributed by atoms with Gasteiger partial charge in [0.25, 0.3) is 0 Å². The van der Waals surface area contributed by atoms with Crippen molar-refractivity contribution in [3.63, 3.8) is 0 Å². The molecule has 0 saturated heterocycles. The second-order valence-corrected chi connectivity index (χ2v) is 3.38. The Kier molecular flexibility index (Phi) is 5.57. The van der Waals surface area contributed by atoms with E-state index in [-0.39, 0.29) is 6.42 Å². The van der Waals surface area contributed by atoms with E-state index in [1.807, 2.05) is 12.4 Å². The van der Waals surface area contributed by atoms with Gasteiger partial charge < -0.3 is 9.57 Å². The first-order valence-electron chi connectivity index (χ1n) is 5.45. The van der Waals surface area contributed by atoms with Gasteiger partial charge in [0.15, 0.2) is 0 Å². The molecule has 0 fully saturated rings. The van der Waals surface area contributed by atoms with Crippen molar-refractivity contribution in [3.8, 4) is 5.75 Å². The molecule has 5 nitrogen and oxygen atoms in total. The lowest BCUT2D eigenvalue weighted by molar-refractivity contribution is -0.149. The number of hydrogen-bond donors (Lipinski definition) is 1. The van der Waals surface area contributed by atoms with Crippen molar-refractivity contribution in [1.82, 2.24) is 5.48 Å². The molecule has 5 heteroatoms. The van der Waals surface area contributed by atoms with Gasteiger partial charge in [-0.2, -0.15) is 0 Å². The number of amides is 1. The highest BCUT2D eigenvalue weighted by Crippen LogP contribution is 2.08. The number of benzene rings is 1. The number of nitrogens with one attached hydrogen (secondary N) is 1. The van der Waals surface area contributed by atoms with E-state index in [9.17, 15) is 9.59 Å². The topological polar surface area (TPSA) is 64.6 Å². The zero-order valence-electron chi connectivity index (χ0n) is 9.64. The van der Waals surface area contributed by atoms with Crippen molar-refractivity contribution in [2.24, 2.45) is 0 Å². The van der Waals surface area contributed by atoms with Crippen LogP contribution in [-0.4, -0.2) is 12.1 Å². The molecule has 0 atom stereocenters. The van der Waals surface area contributed by atoms with Crippen molar-refractivity contribution in [1.29, 1.82) is 0 Å². The quantitative estimate of drug-likeness (QED) is 0.817. The Balaban J connectivity index is 2.24. The van der Waals surface area contributed by atoms with Crippen LogP contribution in [0.2, 0.25) is 0 Å². The molecule has 0 heterocycles. The second-order valence-electron chi connectivity index (χ2n) is 3.38. The van der Waals surface area contributed by atoms with Crippen molar-refractivity contribution in [3.05, 3.63) is 30.3 Å². The summed E-state index contributed by atoms with van der Waals surface area (Å²) in [5.74, 6) is -0.0912. The fraction of sp³-hybridized carbons (Fsp3) is 0.333. The molecular weight excluding hydrogens is 222 g/mol. The van der Waals surface area contributed by atoms with E-state index in [1.165, 1.54) is 0 Å². The van der Waals surface area contributed by atoms with Crippen molar-refractivity contribution in [2.75, 3.05) is 0 Å². The third-order valence-corrected chi connectivity index (χ3v) is 1.94. The summed E-state index contributed by atoms with van der Waals surface area (Å²) < 4.78 is 4.84. The smallest absolute Gasteiger partial charge is 0.408 e. The van der Waals surface area contributed by atoms with Crippen LogP contribution in [0.5, 0.6) is 5.75 Å². The Bertz CT molecular complexity index is 364. The summed E-state index contributed by atoms with van der Waals surface area (Å²) in [6.45, 7) is 1.96. The highest BCUT2D eigenvalue weighted by Gasteiger charge is 2.07. The number of carbonyl (C=O) groups excluding carboxylic acids is 2. The summed E-state index contributed by atoms with van der Waals surface area (Å²) in [4.78, 5) is 26.8. The lowest BCUT2D eigenvalue weighted by Gasteiger charge is -2.06. The third kappa shape index (κ3) is 5.55. The van der Waals surface area contributed by atoms with Gasteiger partial charge in [-0.3, -0.25) is 0 Å². The molecule has 17 heavy (non-hydrogen) atoms. The Hall–Kier alpha value is -2.04. The highest BCUT2D eigenvalue weighted by molar-refractivity contribution is 5.74. The van der Waals surface area contributed by atoms with Crippen LogP contribution in [-0.2, 0) is 9.63 Å². The van der Waals surface area contributed by atoms with Gasteiger partial charge in [-0.05, 0) is 18.6 Å². The summed E-state index contributed by atoms with van der Waals surface area (Å²) in [5.41, 5.74) is 1.93. The SMILES string of the molecule is CCCCC(=O)ONC(=O)Oc1ccccc1. The molecule has 1 amide bonds. The van der Waals surface area contributed by atoms with Gasteiger partial charge in [-0.15, -0.1) is 5.48 Å². The fourth-order valence-electron chi connectivity index (χ4n) is 1.09. The summed E-state index contributed by atoms with van der Waals surface area (Å²) >= 11 is 0. The third-order valence-electron chi connectivity index (χ3n) is 1.94. The number of para-hydroxylation sites is 1. The minimum absolute atomic E-state index is 0.280. The van der Waals surface area contributed by atoms with E-state index < -0.39 is 12.1 Å². The zero-order valence-corrected chi connectivity index (χ0v) is 9.64. The molecule has 1 rings (SSSR count). The first-order chi connectivity index (χ1) is 8.22. The van der Waals surface area contributed by atoms with E-state index in [1.54, 1.807) is 30.3 Å². The Morgan fingerprint density at radius 1 is 1.24 bits per heavy atom. The number of hydroxylamine groups is 1. The van der Waals surface area contributed by atoms with Crippen molar-refractivity contribution in [2.45, 2.75) is 26.2 Å². The van der Waals surface area contributed by atoms with Crippen LogP contribution in [0.15, 0.2) is 30.3 Å². The van der Waals surface area contributed by atoms with Crippen LogP contribution >= 0.6 is 0 Å². The molecule has 0 saturated carbocycles. The van der Waals surface area contributed by atoms with E-state index in [0.29, 0.717) is 5.75 Å². The molecule has 0 spiro atoms. The van der Waals surface area contributed by atoms with Crippen LogP contribution in [0, 0.1) is 0 Å². The van der Waals surface area contributed by atoms with Gasteiger partial charge in [0.1, 0.15) is 5.75 Å². The van der Waals surface area contributed by atoms with Gasteiger partial charge in [0.05, 0.1) is 0 Å². The molecule has 0 aliphatic carbocycles. The minimum atomic E-state index is -0.818. The summed E-state index contributed by atoms with van der Waals surface area (Å²) in [6, 6.07) is 8.51. The average molecular weight is 237 g/mol. The van der Waals surface area contributed by atoms with Crippen LogP contribution in [0.3, 0.4) is 0 Å². The van der Waals surface area contributed by atoms with Crippen LogP contribution in [0.1, 0.15) is 26.2 Å². The van der Waals surface area contributed by atoms with Gasteiger partial charge >= 0.3 is 12.1 Å². The van der Waals surface area contributed by atoms with Crippen molar-refractivity contribution < 1.29 is 19.2 Å². The van der Waals surface area contributed by atoms with E-state index in [2.05, 4.69) is 4.84 Å². The van der Waals surface area contributed by atoms with Crippen LogP contribution in [0.4, 0.5) is 4.79 Å². The molecule has 92 valence electrons. The lowest BCUT2D eigenvalue weighted by Crippen LogP contribution is -2.29. The standard InChI is InChI=1S/C12H15NO4/c1-2-3-9-11(14)17-13-12(15)16-10-7-5-4-6-8-10/h4-8H,2-3,9H2,1H3,(H,13,15). The number of unbranched alkanes of at least 4 members (excludes halogenated alkanes) is 1. The minimum Gasteiger partial charge on any atom is -0.408 e. The maximum absolute atomic E-state index is 11.2. The molecule has 0 radical (unpaired) electrons. The fourth-order valence-corrected chi connectivity index (χ4v) is 1.09. The molecule has 0 aliphatic rings. The molecular formula is C12H15NO4. The number of ether oxygens (including phenoxy) is 1. The van der Waals surface area contributed by atoms with E-state index in [4.69, 9.17) is 4.74 Å². The van der Waals surface area contributed by atoms with Gasteiger partial charge in [0.2, 0.25) is 0 Å². The van der Waals surface area contributed by atoms with Crippen LogP contribution < -0.4 is 10.2 Å². The molecule has 0 aromatic heterocycles. The van der Waals surface area contributed by atoms with E-state index >= 15 is 0 Å². The van der Waals surface area contributed by atoms with Gasteiger partial charge in [0, 0.05) is 6.42 Å². The predicted octanol–water partition coefficient (Wildman–Crippen LogP) is 2.42. The molecule has 0 bridgehead atoms. The van der Waals surface area contributed by atoms with Gasteiger partial charge in [-0.1, -0.05) is 31.5 Å². The molecule has 0 unspecified atom stereocenters. The summed E-state index contributed by atoms with van der Waals surface area (Å²) in [7, 11) is 0. The molecule has 1 aromatic rings. The maximum Gasteiger partial charge on any atom is 0.446 e. The Labute approximate surface area is 99.7 Å². The highest BCUT2D eigenvalue weighted by atomic mass is 16.7. The molecule has 0 aliphatic heterocycles. The van der Waals surface area contributed by atoms with Crippen molar-refractivity contribution >= 4 is 12.1 Å². The van der Waals surface area contributed by atoms with Crippen LogP contribution in [0.25, 0.3) is 0 Å². The Morgan fingerprint density at radius 3 is 2.59 bits per heavy atom. The van der Waals surface area contributed by atoms with E-state index in [0.717, 1.165) is 12.8 Å². The first-order valence-corrected chi connectivity index (χ1v) is 5.45. The summed E-state index contributed by atoms with van der Waals surface area (Å²) in [5, 5.41) is 0. The second kappa shape index (κ2) is 7.27. The molecule has 1 aromatic carbocycles. The predicted molar refractivity (Wildman–Crippen MR) is 61.2 cm³/mol. The molecule has 1 N–H and O–H groups in total. The largest absolute Gasteiger partial charge is 0.446 e. The maximum atomic E-state index is 11.2. The zero-order chi connectivity index (χ0) is 12.5. The summed E-state index contributed by atoms with van der Waals surface area (Å²) in [6.07, 6.45) is 1.08. The lowest BCUT2D eigenvalue weighted by atomic mass is 10.3. The number of carbonyl (C=O) groups is 2. The number of rotatable bonds is 4. The normalized spacial score (nSPS) is 9.47. The Morgan fingerprint density at radius 2 is 1.94 bits per heavy atom. The average Bonchev–Trinajstić information content (AvgIpc) is 2.35. The van der Waals surface area contributed by atoms with Gasteiger partial charge in [-0.25, -0.2) is 9.59 Å². The monoisotopic (exact) mass is 237 g/mol. The first kappa shape index (κ1) is 13.0.